The van der Waals surface area contributed by atoms with Crippen LogP contribution in [0.25, 0.3) is 0 Å². The Labute approximate surface area is 121 Å². The van der Waals surface area contributed by atoms with Gasteiger partial charge in [0.2, 0.25) is 5.91 Å². The van der Waals surface area contributed by atoms with Crippen molar-refractivity contribution in [3.8, 4) is 0 Å². The highest BCUT2D eigenvalue weighted by Gasteiger charge is 2.29. The fourth-order valence-corrected chi connectivity index (χ4v) is 3.41. The van der Waals surface area contributed by atoms with Crippen LogP contribution in [-0.4, -0.2) is 30.4 Å². The van der Waals surface area contributed by atoms with Gasteiger partial charge in [0.05, 0.1) is 5.92 Å². The lowest BCUT2D eigenvalue weighted by Gasteiger charge is -2.32. The molecule has 1 atom stereocenters. The van der Waals surface area contributed by atoms with Gasteiger partial charge in [0.15, 0.2) is 0 Å². The van der Waals surface area contributed by atoms with E-state index in [0.717, 1.165) is 31.7 Å². The van der Waals surface area contributed by atoms with Crippen molar-refractivity contribution < 1.29 is 4.79 Å². The molecule has 1 saturated heterocycles. The Morgan fingerprint density at radius 2 is 1.75 bits per heavy atom. The molecule has 0 saturated carbocycles. The van der Waals surface area contributed by atoms with Gasteiger partial charge in [-0.25, -0.2) is 0 Å². The summed E-state index contributed by atoms with van der Waals surface area (Å²) in [5.74, 6) is 0.410. The Balaban J connectivity index is 1.76. The van der Waals surface area contributed by atoms with Crippen LogP contribution < -0.4 is 5.32 Å². The molecule has 0 radical (unpaired) electrons. The highest BCUT2D eigenvalue weighted by Crippen LogP contribution is 2.33. The van der Waals surface area contributed by atoms with E-state index >= 15 is 0 Å². The lowest BCUT2D eigenvalue weighted by Crippen LogP contribution is -2.39. The third-order valence-electron chi connectivity index (χ3n) is 4.55. The minimum Gasteiger partial charge on any atom is -0.385 e. The Bertz CT molecular complexity index is 464. The number of amides is 1. The van der Waals surface area contributed by atoms with Crippen LogP contribution in [-0.2, 0) is 4.79 Å². The fourth-order valence-electron chi connectivity index (χ4n) is 3.41. The average Bonchev–Trinajstić information content (AvgIpc) is 2.46. The maximum Gasteiger partial charge on any atom is 0.230 e. The predicted octanol–water partition coefficient (Wildman–Crippen LogP) is 3.38. The van der Waals surface area contributed by atoms with Crippen molar-refractivity contribution in [2.75, 3.05) is 25.0 Å². The summed E-state index contributed by atoms with van der Waals surface area (Å²) in [5, 5.41) is 3.40. The van der Waals surface area contributed by atoms with Crippen molar-refractivity contribution in [3.05, 3.63) is 29.8 Å². The maximum atomic E-state index is 12.9. The number of fused-ring (bicyclic) bond motifs is 1. The van der Waals surface area contributed by atoms with Gasteiger partial charge in [-0.05, 0) is 30.9 Å². The number of nitrogens with zero attached hydrogens (tertiary/aromatic N) is 1. The van der Waals surface area contributed by atoms with E-state index in [1.54, 1.807) is 0 Å². The highest BCUT2D eigenvalue weighted by molar-refractivity contribution is 5.86. The second kappa shape index (κ2) is 6.29. The first-order valence-corrected chi connectivity index (χ1v) is 7.98. The molecule has 1 fully saturated rings. The zero-order valence-corrected chi connectivity index (χ0v) is 12.1. The van der Waals surface area contributed by atoms with Gasteiger partial charge < -0.3 is 10.2 Å². The number of likely N-dealkylation sites (tertiary alicyclic amines) is 1. The second-order valence-electron chi connectivity index (χ2n) is 5.95. The first kappa shape index (κ1) is 13.5. The topological polar surface area (TPSA) is 32.3 Å². The smallest absolute Gasteiger partial charge is 0.230 e. The molecule has 0 spiro atoms. The predicted molar refractivity (Wildman–Crippen MR) is 82.0 cm³/mol. The van der Waals surface area contributed by atoms with E-state index in [0.29, 0.717) is 5.91 Å². The number of carbonyl (C=O) groups is 1. The van der Waals surface area contributed by atoms with Crippen molar-refractivity contribution in [2.24, 2.45) is 0 Å². The summed E-state index contributed by atoms with van der Waals surface area (Å²) in [6.45, 7) is 2.80. The molecule has 2 heterocycles. The lowest BCUT2D eigenvalue weighted by atomic mass is 9.89. The third kappa shape index (κ3) is 2.82. The number of anilines is 1. The Kier molecular flexibility index (Phi) is 4.24. The van der Waals surface area contributed by atoms with E-state index in [1.807, 2.05) is 12.1 Å². The molecule has 1 aromatic carbocycles. The Hall–Kier alpha value is -1.51. The summed E-state index contributed by atoms with van der Waals surface area (Å²) in [6.07, 6.45) is 7.13. The van der Waals surface area contributed by atoms with Gasteiger partial charge in [0.1, 0.15) is 0 Å². The van der Waals surface area contributed by atoms with Crippen LogP contribution in [0, 0.1) is 0 Å². The Morgan fingerprint density at radius 1 is 1.05 bits per heavy atom. The molecular weight excluding hydrogens is 248 g/mol. The zero-order valence-electron chi connectivity index (χ0n) is 12.1. The molecule has 2 aliphatic heterocycles. The van der Waals surface area contributed by atoms with Gasteiger partial charge in [0, 0.05) is 25.3 Å². The van der Waals surface area contributed by atoms with Crippen molar-refractivity contribution in [2.45, 2.75) is 44.4 Å². The number of para-hydroxylation sites is 1. The largest absolute Gasteiger partial charge is 0.385 e. The standard InChI is InChI=1S/C17H24N2O/c20-17(19-12-6-2-1-3-7-13-19)15-10-11-18-16-9-5-4-8-14(15)16/h4-5,8-9,15,18H,1-3,6-7,10-13H2. The van der Waals surface area contributed by atoms with Gasteiger partial charge in [-0.15, -0.1) is 0 Å². The molecule has 1 unspecified atom stereocenters. The van der Waals surface area contributed by atoms with Crippen LogP contribution >= 0.6 is 0 Å². The number of hydrogen-bond donors (Lipinski definition) is 1. The molecule has 3 heteroatoms. The maximum absolute atomic E-state index is 12.9. The summed E-state index contributed by atoms with van der Waals surface area (Å²) < 4.78 is 0. The van der Waals surface area contributed by atoms with E-state index in [-0.39, 0.29) is 5.92 Å². The SMILES string of the molecule is O=C(C1CCNc2ccccc21)N1CCCCCCC1. The van der Waals surface area contributed by atoms with E-state index in [2.05, 4.69) is 22.3 Å². The van der Waals surface area contributed by atoms with E-state index in [4.69, 9.17) is 0 Å². The minimum absolute atomic E-state index is 0.0619. The fraction of sp³-hybridized carbons (Fsp3) is 0.588. The van der Waals surface area contributed by atoms with E-state index in [9.17, 15) is 4.79 Å². The van der Waals surface area contributed by atoms with Crippen LogP contribution in [0.15, 0.2) is 24.3 Å². The lowest BCUT2D eigenvalue weighted by molar-refractivity contribution is -0.133. The van der Waals surface area contributed by atoms with E-state index < -0.39 is 0 Å². The number of nitrogens with one attached hydrogen (secondary N) is 1. The number of rotatable bonds is 1. The molecule has 0 bridgehead atoms. The molecule has 3 rings (SSSR count). The summed E-state index contributed by atoms with van der Waals surface area (Å²) in [7, 11) is 0. The number of benzene rings is 1. The molecule has 1 amide bonds. The molecular formula is C17H24N2O. The first-order chi connectivity index (χ1) is 9.86. The summed E-state index contributed by atoms with van der Waals surface area (Å²) in [4.78, 5) is 15.0. The summed E-state index contributed by atoms with van der Waals surface area (Å²) in [5.41, 5.74) is 2.33. The summed E-state index contributed by atoms with van der Waals surface area (Å²) >= 11 is 0. The summed E-state index contributed by atoms with van der Waals surface area (Å²) in [6, 6.07) is 8.27. The first-order valence-electron chi connectivity index (χ1n) is 7.98. The normalized spacial score (nSPS) is 23.2. The molecule has 0 aliphatic carbocycles. The van der Waals surface area contributed by atoms with Crippen LogP contribution in [0.2, 0.25) is 0 Å². The second-order valence-corrected chi connectivity index (χ2v) is 5.95. The highest BCUT2D eigenvalue weighted by atomic mass is 16.2. The molecule has 3 nitrogen and oxygen atoms in total. The van der Waals surface area contributed by atoms with Crippen molar-refractivity contribution >= 4 is 11.6 Å². The zero-order chi connectivity index (χ0) is 13.8. The van der Waals surface area contributed by atoms with Crippen LogP contribution in [0.5, 0.6) is 0 Å². The molecule has 2 aliphatic rings. The molecule has 1 aromatic rings. The van der Waals surface area contributed by atoms with Gasteiger partial charge in [-0.1, -0.05) is 37.5 Å². The molecule has 1 N–H and O–H groups in total. The van der Waals surface area contributed by atoms with Crippen LogP contribution in [0.4, 0.5) is 5.69 Å². The van der Waals surface area contributed by atoms with Crippen molar-refractivity contribution in [1.29, 1.82) is 0 Å². The molecule has 20 heavy (non-hydrogen) atoms. The number of hydrogen-bond acceptors (Lipinski definition) is 2. The van der Waals surface area contributed by atoms with Crippen LogP contribution in [0.1, 0.15) is 50.0 Å². The molecule has 108 valence electrons. The van der Waals surface area contributed by atoms with E-state index in [1.165, 1.54) is 37.7 Å². The number of carbonyl (C=O) groups excluding carboxylic acids is 1. The van der Waals surface area contributed by atoms with Gasteiger partial charge in [0.25, 0.3) is 0 Å². The van der Waals surface area contributed by atoms with Crippen LogP contribution in [0.3, 0.4) is 0 Å². The Morgan fingerprint density at radius 3 is 2.55 bits per heavy atom. The van der Waals surface area contributed by atoms with Gasteiger partial charge in [-0.3, -0.25) is 4.79 Å². The quantitative estimate of drug-likeness (QED) is 0.850. The third-order valence-corrected chi connectivity index (χ3v) is 4.55. The molecule has 0 aromatic heterocycles. The van der Waals surface area contributed by atoms with Crippen molar-refractivity contribution in [1.82, 2.24) is 4.90 Å². The average molecular weight is 272 g/mol. The van der Waals surface area contributed by atoms with Gasteiger partial charge >= 0.3 is 0 Å². The van der Waals surface area contributed by atoms with Gasteiger partial charge in [-0.2, -0.15) is 0 Å². The minimum atomic E-state index is 0.0619. The van der Waals surface area contributed by atoms with Crippen molar-refractivity contribution in [3.63, 3.8) is 0 Å². The monoisotopic (exact) mass is 272 g/mol.